The highest BCUT2D eigenvalue weighted by Crippen LogP contribution is 2.31. The number of benzene rings is 3. The van der Waals surface area contributed by atoms with Crippen molar-refractivity contribution in [2.75, 3.05) is 4.90 Å². The largest absolute Gasteiger partial charge is 0.489 e. The van der Waals surface area contributed by atoms with Gasteiger partial charge in [0.2, 0.25) is 0 Å². The van der Waals surface area contributed by atoms with E-state index in [9.17, 15) is 4.79 Å². The summed E-state index contributed by atoms with van der Waals surface area (Å²) in [6.07, 6.45) is 0.811. The van der Waals surface area contributed by atoms with Crippen LogP contribution in [0.25, 0.3) is 11.3 Å². The van der Waals surface area contributed by atoms with E-state index in [0.29, 0.717) is 28.1 Å². The average molecular weight is 477 g/mol. The average Bonchev–Trinajstić information content (AvgIpc) is 3.33. The number of aromatic nitrogens is 1. The van der Waals surface area contributed by atoms with Crippen molar-refractivity contribution in [3.8, 4) is 17.0 Å². The lowest BCUT2D eigenvalue weighted by Gasteiger charge is -2.26. The van der Waals surface area contributed by atoms with Crippen LogP contribution < -0.4 is 9.64 Å². The van der Waals surface area contributed by atoms with Gasteiger partial charge in [-0.15, -0.1) is 11.3 Å². The minimum atomic E-state index is -0.0912. The molecule has 1 unspecified atom stereocenters. The van der Waals surface area contributed by atoms with E-state index in [1.165, 1.54) is 11.3 Å². The number of nitrogens with zero attached hydrogens (tertiary/aromatic N) is 2. The normalized spacial score (nSPS) is 11.7. The summed E-state index contributed by atoms with van der Waals surface area (Å²) in [4.78, 5) is 20.1. The summed E-state index contributed by atoms with van der Waals surface area (Å²) < 4.78 is 5.93. The predicted octanol–water partition coefficient (Wildman–Crippen LogP) is 7.49. The fourth-order valence-electron chi connectivity index (χ4n) is 3.39. The Labute approximate surface area is 203 Å². The molecule has 1 atom stereocenters. The highest BCUT2D eigenvalue weighted by atomic mass is 35.5. The molecule has 0 saturated heterocycles. The number of hydrogen-bond acceptors (Lipinski definition) is 4. The molecule has 168 valence electrons. The molecule has 0 N–H and O–H groups in total. The molecule has 1 aromatic heterocycles. The molecule has 0 fully saturated rings. The van der Waals surface area contributed by atoms with Crippen LogP contribution in [0.1, 0.15) is 36.2 Å². The van der Waals surface area contributed by atoms with Crippen molar-refractivity contribution >= 4 is 34.0 Å². The minimum Gasteiger partial charge on any atom is -0.489 e. The third kappa shape index (κ3) is 5.62. The van der Waals surface area contributed by atoms with Gasteiger partial charge in [0.1, 0.15) is 12.4 Å². The van der Waals surface area contributed by atoms with Gasteiger partial charge < -0.3 is 4.74 Å². The zero-order chi connectivity index (χ0) is 23.2. The van der Waals surface area contributed by atoms with E-state index in [0.717, 1.165) is 23.2 Å². The van der Waals surface area contributed by atoms with E-state index in [2.05, 4.69) is 6.92 Å². The van der Waals surface area contributed by atoms with Crippen LogP contribution in [-0.4, -0.2) is 16.9 Å². The van der Waals surface area contributed by atoms with Crippen molar-refractivity contribution in [2.45, 2.75) is 32.9 Å². The second kappa shape index (κ2) is 10.6. The highest BCUT2D eigenvalue weighted by molar-refractivity contribution is 7.14. The maximum atomic E-state index is 13.6. The zero-order valence-corrected chi connectivity index (χ0v) is 20.1. The van der Waals surface area contributed by atoms with Crippen LogP contribution in [0.2, 0.25) is 5.02 Å². The van der Waals surface area contributed by atoms with Gasteiger partial charge in [-0.3, -0.25) is 9.69 Å². The molecule has 0 aliphatic heterocycles. The molecule has 1 heterocycles. The van der Waals surface area contributed by atoms with E-state index in [1.54, 1.807) is 11.0 Å². The van der Waals surface area contributed by atoms with Gasteiger partial charge in [0.25, 0.3) is 5.91 Å². The first kappa shape index (κ1) is 23.0. The molecular weight excluding hydrogens is 452 g/mol. The predicted molar refractivity (Wildman–Crippen MR) is 136 cm³/mol. The molecule has 0 aliphatic carbocycles. The van der Waals surface area contributed by atoms with Crippen LogP contribution in [0.15, 0.2) is 84.2 Å². The zero-order valence-electron chi connectivity index (χ0n) is 18.6. The van der Waals surface area contributed by atoms with E-state index in [1.807, 2.05) is 85.1 Å². The summed E-state index contributed by atoms with van der Waals surface area (Å²) in [5.74, 6) is 0.571. The number of anilines is 1. The maximum absolute atomic E-state index is 13.6. The minimum absolute atomic E-state index is 0.00406. The molecule has 4 nitrogen and oxygen atoms in total. The quantitative estimate of drug-likeness (QED) is 0.264. The maximum Gasteiger partial charge on any atom is 0.260 e. The molecule has 6 heteroatoms. The summed E-state index contributed by atoms with van der Waals surface area (Å²) in [6.45, 7) is 4.56. The van der Waals surface area contributed by atoms with Crippen molar-refractivity contribution in [1.29, 1.82) is 0 Å². The number of halogens is 1. The van der Waals surface area contributed by atoms with Gasteiger partial charge >= 0.3 is 0 Å². The SMILES string of the molecule is CCC(C)N(C(=O)c1cccc(OCc2ccccc2)c1)c1nc(-c2ccc(Cl)cc2)cs1. The van der Waals surface area contributed by atoms with Crippen LogP contribution in [0.5, 0.6) is 5.75 Å². The van der Waals surface area contributed by atoms with E-state index >= 15 is 0 Å². The molecule has 3 aromatic carbocycles. The number of carbonyl (C=O) groups excluding carboxylic acids is 1. The van der Waals surface area contributed by atoms with Crippen LogP contribution in [0.3, 0.4) is 0 Å². The number of carbonyl (C=O) groups is 1. The summed E-state index contributed by atoms with van der Waals surface area (Å²) >= 11 is 7.48. The van der Waals surface area contributed by atoms with Crippen molar-refractivity contribution in [3.63, 3.8) is 0 Å². The first-order valence-electron chi connectivity index (χ1n) is 10.9. The molecule has 4 aromatic rings. The summed E-state index contributed by atoms with van der Waals surface area (Å²) in [5.41, 5.74) is 3.44. The molecule has 33 heavy (non-hydrogen) atoms. The number of hydrogen-bond donors (Lipinski definition) is 0. The monoisotopic (exact) mass is 476 g/mol. The third-order valence-corrected chi connectivity index (χ3v) is 6.51. The van der Waals surface area contributed by atoms with E-state index in [4.69, 9.17) is 21.3 Å². The highest BCUT2D eigenvalue weighted by Gasteiger charge is 2.25. The Hall–Kier alpha value is -3.15. The lowest BCUT2D eigenvalue weighted by atomic mass is 10.1. The van der Waals surface area contributed by atoms with Crippen LogP contribution in [0, 0.1) is 0 Å². The van der Waals surface area contributed by atoms with Crippen molar-refractivity contribution in [3.05, 3.63) is 100 Å². The second-order valence-corrected chi connectivity index (χ2v) is 9.03. The van der Waals surface area contributed by atoms with Gasteiger partial charge in [0.15, 0.2) is 5.13 Å². The van der Waals surface area contributed by atoms with Gasteiger partial charge in [-0.1, -0.05) is 67.1 Å². The summed E-state index contributed by atoms with van der Waals surface area (Å²) in [7, 11) is 0. The van der Waals surface area contributed by atoms with E-state index < -0.39 is 0 Å². The molecular formula is C27H25ClN2O2S. The van der Waals surface area contributed by atoms with Gasteiger partial charge in [-0.05, 0) is 49.2 Å². The molecule has 0 radical (unpaired) electrons. The van der Waals surface area contributed by atoms with Crippen LogP contribution in [-0.2, 0) is 6.61 Å². The lowest BCUT2D eigenvalue weighted by Crippen LogP contribution is -2.38. The van der Waals surface area contributed by atoms with Gasteiger partial charge in [-0.2, -0.15) is 0 Å². The standard InChI is InChI=1S/C27H25ClN2O2S/c1-3-19(2)30(27-29-25(18-33-27)21-12-14-23(28)15-13-21)26(31)22-10-7-11-24(16-22)32-17-20-8-5-4-6-9-20/h4-16,18-19H,3,17H2,1-2H3. The van der Waals surface area contributed by atoms with Gasteiger partial charge in [-0.25, -0.2) is 4.98 Å². The van der Waals surface area contributed by atoms with Crippen LogP contribution >= 0.6 is 22.9 Å². The number of rotatable bonds is 8. The molecule has 0 spiro atoms. The molecule has 0 bridgehead atoms. The molecule has 0 aliphatic rings. The topological polar surface area (TPSA) is 42.4 Å². The first-order valence-corrected chi connectivity index (χ1v) is 12.1. The van der Waals surface area contributed by atoms with E-state index in [-0.39, 0.29) is 11.9 Å². The smallest absolute Gasteiger partial charge is 0.260 e. The summed E-state index contributed by atoms with van der Waals surface area (Å²) in [6, 6.07) is 24.9. The Bertz CT molecular complexity index is 1210. The van der Waals surface area contributed by atoms with Crippen LogP contribution in [0.4, 0.5) is 5.13 Å². The Morgan fingerprint density at radius 2 is 1.82 bits per heavy atom. The Balaban J connectivity index is 1.57. The van der Waals surface area contributed by atoms with Crippen molar-refractivity contribution in [2.24, 2.45) is 0 Å². The number of thiazole rings is 1. The fourth-order valence-corrected chi connectivity index (χ4v) is 4.44. The van der Waals surface area contributed by atoms with Crippen molar-refractivity contribution < 1.29 is 9.53 Å². The second-order valence-electron chi connectivity index (χ2n) is 7.76. The Kier molecular flexibility index (Phi) is 7.43. The molecule has 1 amide bonds. The Morgan fingerprint density at radius 1 is 1.06 bits per heavy atom. The van der Waals surface area contributed by atoms with Gasteiger partial charge in [0.05, 0.1) is 5.69 Å². The Morgan fingerprint density at radius 3 is 2.55 bits per heavy atom. The number of ether oxygens (including phenoxy) is 1. The lowest BCUT2D eigenvalue weighted by molar-refractivity contribution is 0.0977. The number of amides is 1. The summed E-state index contributed by atoms with van der Waals surface area (Å²) in [5, 5.41) is 3.33. The van der Waals surface area contributed by atoms with Crippen molar-refractivity contribution in [1.82, 2.24) is 4.98 Å². The first-order chi connectivity index (χ1) is 16.0. The third-order valence-electron chi connectivity index (χ3n) is 5.42. The molecule has 0 saturated carbocycles. The molecule has 4 rings (SSSR count). The fraction of sp³-hybridized carbons (Fsp3) is 0.185. The van der Waals surface area contributed by atoms with Gasteiger partial charge in [0, 0.05) is 27.6 Å².